The van der Waals surface area contributed by atoms with Crippen LogP contribution in [0.15, 0.2) is 12.4 Å². The largest absolute Gasteiger partial charge is 0.377 e. The molecule has 0 bridgehead atoms. The predicted octanol–water partition coefficient (Wildman–Crippen LogP) is 1.12. The summed E-state index contributed by atoms with van der Waals surface area (Å²) in [4.78, 5) is 0. The minimum Gasteiger partial charge on any atom is -0.377 e. The van der Waals surface area contributed by atoms with Gasteiger partial charge in [0.05, 0.1) is 12.3 Å². The van der Waals surface area contributed by atoms with E-state index in [1.807, 2.05) is 25.0 Å². The van der Waals surface area contributed by atoms with Crippen molar-refractivity contribution in [3.8, 4) is 0 Å². The van der Waals surface area contributed by atoms with Crippen LogP contribution in [0.5, 0.6) is 0 Å². The van der Waals surface area contributed by atoms with E-state index in [1.54, 1.807) is 0 Å². The van der Waals surface area contributed by atoms with E-state index in [2.05, 4.69) is 16.6 Å². The van der Waals surface area contributed by atoms with Gasteiger partial charge < -0.3 is 10.1 Å². The van der Waals surface area contributed by atoms with Crippen LogP contribution in [0.3, 0.4) is 0 Å². The Morgan fingerprint density at radius 2 is 2.56 bits per heavy atom. The highest BCUT2D eigenvalue weighted by atomic mass is 16.5. The van der Waals surface area contributed by atoms with Crippen molar-refractivity contribution in [1.82, 2.24) is 15.1 Å². The third-order valence-corrected chi connectivity index (χ3v) is 3.29. The number of rotatable bonds is 5. The van der Waals surface area contributed by atoms with Crippen LogP contribution >= 0.6 is 0 Å². The molecule has 1 saturated heterocycles. The third kappa shape index (κ3) is 2.83. The Labute approximate surface area is 97.0 Å². The molecule has 1 aliphatic heterocycles. The summed E-state index contributed by atoms with van der Waals surface area (Å²) < 4.78 is 7.57. The highest BCUT2D eigenvalue weighted by Gasteiger charge is 2.24. The Bertz CT molecular complexity index is 318. The quantitative estimate of drug-likeness (QED) is 0.813. The molecule has 0 amide bonds. The summed E-state index contributed by atoms with van der Waals surface area (Å²) in [7, 11) is 3.98. The molecule has 4 heteroatoms. The summed E-state index contributed by atoms with van der Waals surface area (Å²) in [5, 5.41) is 7.55. The number of hydrogen-bond donors (Lipinski definition) is 1. The van der Waals surface area contributed by atoms with Crippen molar-refractivity contribution < 1.29 is 4.74 Å². The standard InChI is InChI=1S/C12H21N3O/c1-13-11(12-4-3-7-16-12)6-5-10-8-14-15(2)9-10/h8-9,11-13H,3-7H2,1-2H3. The van der Waals surface area contributed by atoms with Gasteiger partial charge in [0.2, 0.25) is 0 Å². The summed E-state index contributed by atoms with van der Waals surface area (Å²) in [6.07, 6.45) is 9.02. The minimum atomic E-state index is 0.404. The van der Waals surface area contributed by atoms with Gasteiger partial charge in [-0.1, -0.05) is 0 Å². The van der Waals surface area contributed by atoms with Gasteiger partial charge in [0, 0.05) is 25.9 Å². The zero-order valence-electron chi connectivity index (χ0n) is 10.1. The summed E-state index contributed by atoms with van der Waals surface area (Å²) >= 11 is 0. The van der Waals surface area contributed by atoms with Gasteiger partial charge in [-0.25, -0.2) is 0 Å². The topological polar surface area (TPSA) is 39.1 Å². The molecule has 0 saturated carbocycles. The maximum atomic E-state index is 5.72. The van der Waals surface area contributed by atoms with Crippen LogP contribution in [0, 0.1) is 0 Å². The van der Waals surface area contributed by atoms with Crippen molar-refractivity contribution in [3.63, 3.8) is 0 Å². The van der Waals surface area contributed by atoms with Gasteiger partial charge in [-0.3, -0.25) is 4.68 Å². The number of hydrogen-bond acceptors (Lipinski definition) is 3. The highest BCUT2D eigenvalue weighted by molar-refractivity contribution is 5.04. The van der Waals surface area contributed by atoms with E-state index in [0.717, 1.165) is 19.4 Å². The number of aromatic nitrogens is 2. The number of ether oxygens (including phenoxy) is 1. The first kappa shape index (κ1) is 11.6. The molecule has 1 N–H and O–H groups in total. The Morgan fingerprint density at radius 1 is 1.69 bits per heavy atom. The fourth-order valence-corrected chi connectivity index (χ4v) is 2.36. The van der Waals surface area contributed by atoms with Crippen molar-refractivity contribution in [3.05, 3.63) is 18.0 Å². The Balaban J connectivity index is 1.82. The van der Waals surface area contributed by atoms with Crippen LogP contribution in [0.25, 0.3) is 0 Å². The first-order chi connectivity index (χ1) is 7.79. The van der Waals surface area contributed by atoms with Gasteiger partial charge in [0.25, 0.3) is 0 Å². The van der Waals surface area contributed by atoms with Crippen molar-refractivity contribution in [2.24, 2.45) is 7.05 Å². The van der Waals surface area contributed by atoms with Gasteiger partial charge in [-0.2, -0.15) is 5.10 Å². The van der Waals surface area contributed by atoms with E-state index in [4.69, 9.17) is 4.74 Å². The fraction of sp³-hybridized carbons (Fsp3) is 0.750. The molecule has 1 aromatic heterocycles. The molecule has 0 aromatic carbocycles. The Hall–Kier alpha value is -0.870. The molecule has 2 rings (SSSR count). The lowest BCUT2D eigenvalue weighted by molar-refractivity contribution is 0.0782. The maximum Gasteiger partial charge on any atom is 0.0728 e. The highest BCUT2D eigenvalue weighted by Crippen LogP contribution is 2.18. The number of nitrogens with one attached hydrogen (secondary N) is 1. The van der Waals surface area contributed by atoms with Crippen LogP contribution in [0.1, 0.15) is 24.8 Å². The van der Waals surface area contributed by atoms with E-state index < -0.39 is 0 Å². The van der Waals surface area contributed by atoms with Crippen molar-refractivity contribution in [1.29, 1.82) is 0 Å². The first-order valence-electron chi connectivity index (χ1n) is 6.06. The third-order valence-electron chi connectivity index (χ3n) is 3.29. The van der Waals surface area contributed by atoms with Gasteiger partial charge >= 0.3 is 0 Å². The molecule has 1 fully saturated rings. The monoisotopic (exact) mass is 223 g/mol. The maximum absolute atomic E-state index is 5.72. The van der Waals surface area contributed by atoms with Crippen molar-refractivity contribution in [2.45, 2.75) is 37.8 Å². The van der Waals surface area contributed by atoms with Crippen molar-refractivity contribution >= 4 is 0 Å². The molecule has 2 heterocycles. The second-order valence-corrected chi connectivity index (χ2v) is 4.51. The lowest BCUT2D eigenvalue weighted by atomic mass is 10.0. The summed E-state index contributed by atoms with van der Waals surface area (Å²) in [5.41, 5.74) is 1.31. The van der Waals surface area contributed by atoms with Crippen molar-refractivity contribution in [2.75, 3.05) is 13.7 Å². The number of likely N-dealkylation sites (N-methyl/N-ethyl adjacent to an activating group) is 1. The zero-order valence-corrected chi connectivity index (χ0v) is 10.1. The molecule has 1 aromatic rings. The van der Waals surface area contributed by atoms with Crippen LogP contribution in [0.2, 0.25) is 0 Å². The molecule has 0 spiro atoms. The summed E-state index contributed by atoms with van der Waals surface area (Å²) in [6, 6.07) is 0.475. The lowest BCUT2D eigenvalue weighted by Crippen LogP contribution is -2.37. The zero-order chi connectivity index (χ0) is 11.4. The molecule has 16 heavy (non-hydrogen) atoms. The SMILES string of the molecule is CNC(CCc1cnn(C)c1)C1CCCO1. The van der Waals surface area contributed by atoms with E-state index >= 15 is 0 Å². The predicted molar refractivity (Wildman–Crippen MR) is 63.4 cm³/mol. The second-order valence-electron chi connectivity index (χ2n) is 4.51. The smallest absolute Gasteiger partial charge is 0.0728 e. The second kappa shape index (κ2) is 5.46. The number of nitrogens with zero attached hydrogens (tertiary/aromatic N) is 2. The molecule has 0 radical (unpaired) electrons. The first-order valence-corrected chi connectivity index (χ1v) is 6.06. The van der Waals surface area contributed by atoms with Crippen LogP contribution in [-0.4, -0.2) is 35.6 Å². The molecule has 90 valence electrons. The van der Waals surface area contributed by atoms with E-state index in [-0.39, 0.29) is 0 Å². The van der Waals surface area contributed by atoms with Gasteiger partial charge in [-0.15, -0.1) is 0 Å². The minimum absolute atomic E-state index is 0.404. The van der Waals surface area contributed by atoms with Crippen LogP contribution < -0.4 is 5.32 Å². The fourth-order valence-electron chi connectivity index (χ4n) is 2.36. The van der Waals surface area contributed by atoms with Crippen LogP contribution in [0.4, 0.5) is 0 Å². The molecule has 2 unspecified atom stereocenters. The average molecular weight is 223 g/mol. The van der Waals surface area contributed by atoms with Gasteiger partial charge in [0.1, 0.15) is 0 Å². The molecular weight excluding hydrogens is 202 g/mol. The lowest BCUT2D eigenvalue weighted by Gasteiger charge is -2.22. The Morgan fingerprint density at radius 3 is 3.12 bits per heavy atom. The molecule has 1 aliphatic rings. The van der Waals surface area contributed by atoms with Gasteiger partial charge in [-0.05, 0) is 38.3 Å². The van der Waals surface area contributed by atoms with Crippen LogP contribution in [-0.2, 0) is 18.2 Å². The average Bonchev–Trinajstić information content (AvgIpc) is 2.91. The van der Waals surface area contributed by atoms with E-state index in [0.29, 0.717) is 12.1 Å². The molecule has 0 aliphatic carbocycles. The van der Waals surface area contributed by atoms with Gasteiger partial charge in [0.15, 0.2) is 0 Å². The summed E-state index contributed by atoms with van der Waals surface area (Å²) in [6.45, 7) is 0.926. The molecule has 4 nitrogen and oxygen atoms in total. The van der Waals surface area contributed by atoms with E-state index in [1.165, 1.54) is 18.4 Å². The normalized spacial score (nSPS) is 22.5. The Kier molecular flexibility index (Phi) is 3.96. The molecular formula is C12H21N3O. The van der Waals surface area contributed by atoms with E-state index in [9.17, 15) is 0 Å². The summed E-state index contributed by atoms with van der Waals surface area (Å²) in [5.74, 6) is 0. The number of aryl methyl sites for hydroxylation is 2. The molecule has 2 atom stereocenters.